The molecule has 1 aliphatic rings. The molecule has 0 bridgehead atoms. The Morgan fingerprint density at radius 3 is 2.31 bits per heavy atom. The maximum Gasteiger partial charge on any atom is 0.192 e. The Bertz CT molecular complexity index is 254. The van der Waals surface area contributed by atoms with Crippen LogP contribution in [0.2, 0.25) is 0 Å². The average molecular weight is 223 g/mol. The number of rotatable bonds is 1. The van der Waals surface area contributed by atoms with Crippen molar-refractivity contribution in [3.63, 3.8) is 0 Å². The van der Waals surface area contributed by atoms with E-state index in [2.05, 4.69) is 44.6 Å². The summed E-state index contributed by atoms with van der Waals surface area (Å²) in [5.74, 6) is 5.54. The van der Waals surface area contributed by atoms with E-state index in [1.54, 1.807) is 6.92 Å². The van der Waals surface area contributed by atoms with Crippen LogP contribution in [-0.2, 0) is 4.79 Å². The number of aldehydes is 1. The van der Waals surface area contributed by atoms with Crippen LogP contribution in [-0.4, -0.2) is 31.3 Å². The zero-order chi connectivity index (χ0) is 12.6. The van der Waals surface area contributed by atoms with Crippen LogP contribution >= 0.6 is 0 Å². The minimum atomic E-state index is 0.524. The molecule has 0 aromatic rings. The van der Waals surface area contributed by atoms with Gasteiger partial charge in [-0.1, -0.05) is 26.7 Å². The Balaban J connectivity index is 0.000000385. The summed E-state index contributed by atoms with van der Waals surface area (Å²) in [7, 11) is 2.22. The Kier molecular flexibility index (Phi) is 7.08. The van der Waals surface area contributed by atoms with Gasteiger partial charge in [0.2, 0.25) is 0 Å². The second-order valence-electron chi connectivity index (χ2n) is 5.69. The first-order chi connectivity index (χ1) is 7.39. The summed E-state index contributed by atoms with van der Waals surface area (Å²) in [6.07, 6.45) is 3.37. The lowest BCUT2D eigenvalue weighted by atomic mass is 9.84. The van der Waals surface area contributed by atoms with Crippen LogP contribution in [0.25, 0.3) is 0 Å². The van der Waals surface area contributed by atoms with Gasteiger partial charge in [0, 0.05) is 6.54 Å². The van der Waals surface area contributed by atoms with Gasteiger partial charge in [-0.05, 0) is 50.6 Å². The van der Waals surface area contributed by atoms with E-state index < -0.39 is 0 Å². The van der Waals surface area contributed by atoms with Gasteiger partial charge in [0.05, 0.1) is 0 Å². The standard InChI is InChI=1S/C10H21N.C4H4O/c1-10(2,3)7-9-5-6-11(4)8-9;1-2-3-4-5/h9H,5-8H2,1-4H3;4H,1H3. The first kappa shape index (κ1) is 15.2. The Hall–Kier alpha value is -0.810. The van der Waals surface area contributed by atoms with Crippen LogP contribution in [0.5, 0.6) is 0 Å². The summed E-state index contributed by atoms with van der Waals surface area (Å²) in [5.41, 5.74) is 0.524. The molecule has 0 spiro atoms. The van der Waals surface area contributed by atoms with Gasteiger partial charge in [0.1, 0.15) is 0 Å². The van der Waals surface area contributed by atoms with Crippen LogP contribution in [0, 0.1) is 23.2 Å². The van der Waals surface area contributed by atoms with Crippen molar-refractivity contribution >= 4 is 6.29 Å². The zero-order valence-electron chi connectivity index (χ0n) is 11.3. The molecule has 0 saturated carbocycles. The number of carbonyl (C=O) groups is 1. The van der Waals surface area contributed by atoms with E-state index in [1.807, 2.05) is 0 Å². The fourth-order valence-corrected chi connectivity index (χ4v) is 2.12. The number of nitrogens with zero attached hydrogens (tertiary/aromatic N) is 1. The van der Waals surface area contributed by atoms with Crippen molar-refractivity contribution in [2.75, 3.05) is 20.1 Å². The lowest BCUT2D eigenvalue weighted by Crippen LogP contribution is -2.17. The molecule has 0 aliphatic carbocycles. The first-order valence-corrected chi connectivity index (χ1v) is 5.93. The van der Waals surface area contributed by atoms with Gasteiger partial charge in [0.15, 0.2) is 6.29 Å². The predicted octanol–water partition coefficient (Wildman–Crippen LogP) is 2.58. The molecule has 1 aliphatic heterocycles. The first-order valence-electron chi connectivity index (χ1n) is 5.93. The molecule has 1 atom stereocenters. The molecule has 92 valence electrons. The van der Waals surface area contributed by atoms with Crippen LogP contribution in [0.15, 0.2) is 0 Å². The van der Waals surface area contributed by atoms with E-state index in [0.29, 0.717) is 11.7 Å². The number of hydrogen-bond acceptors (Lipinski definition) is 2. The topological polar surface area (TPSA) is 20.3 Å². The van der Waals surface area contributed by atoms with Gasteiger partial charge >= 0.3 is 0 Å². The molecule has 1 unspecified atom stereocenters. The van der Waals surface area contributed by atoms with Gasteiger partial charge in [-0.3, -0.25) is 4.79 Å². The quantitative estimate of drug-likeness (QED) is 0.503. The van der Waals surface area contributed by atoms with Gasteiger partial charge in [-0.2, -0.15) is 0 Å². The Morgan fingerprint density at radius 2 is 2.06 bits per heavy atom. The number of likely N-dealkylation sites (tertiary alicyclic amines) is 1. The van der Waals surface area contributed by atoms with Crippen molar-refractivity contribution in [2.45, 2.75) is 40.5 Å². The van der Waals surface area contributed by atoms with Crippen LogP contribution in [0.4, 0.5) is 0 Å². The largest absolute Gasteiger partial charge is 0.306 e. The van der Waals surface area contributed by atoms with Crippen LogP contribution < -0.4 is 0 Å². The van der Waals surface area contributed by atoms with E-state index in [4.69, 9.17) is 0 Å². The fraction of sp³-hybridized carbons (Fsp3) is 0.786. The minimum absolute atomic E-state index is 0.524. The monoisotopic (exact) mass is 223 g/mol. The SMILES string of the molecule is CC#CC=O.CN1CCC(CC(C)(C)C)C1. The van der Waals surface area contributed by atoms with E-state index >= 15 is 0 Å². The summed E-state index contributed by atoms with van der Waals surface area (Å²) in [5, 5.41) is 0. The Morgan fingerprint density at radius 1 is 1.44 bits per heavy atom. The summed E-state index contributed by atoms with van der Waals surface area (Å²) in [6.45, 7) is 11.3. The lowest BCUT2D eigenvalue weighted by molar-refractivity contribution is -0.103. The highest BCUT2D eigenvalue weighted by atomic mass is 16.1. The second-order valence-corrected chi connectivity index (χ2v) is 5.69. The second kappa shape index (κ2) is 7.46. The van der Waals surface area contributed by atoms with Crippen molar-refractivity contribution in [1.29, 1.82) is 0 Å². The van der Waals surface area contributed by atoms with Crippen LogP contribution in [0.3, 0.4) is 0 Å². The molecule has 1 heterocycles. The maximum absolute atomic E-state index is 9.23. The molecule has 1 rings (SSSR count). The molecule has 0 aromatic heterocycles. The fourth-order valence-electron chi connectivity index (χ4n) is 2.12. The van der Waals surface area contributed by atoms with Crippen molar-refractivity contribution in [2.24, 2.45) is 11.3 Å². The predicted molar refractivity (Wildman–Crippen MR) is 69.2 cm³/mol. The highest BCUT2D eigenvalue weighted by Gasteiger charge is 2.24. The van der Waals surface area contributed by atoms with Crippen molar-refractivity contribution in [3.05, 3.63) is 0 Å². The molecule has 2 nitrogen and oxygen atoms in total. The van der Waals surface area contributed by atoms with E-state index in [-0.39, 0.29) is 0 Å². The van der Waals surface area contributed by atoms with Crippen molar-refractivity contribution in [3.8, 4) is 11.8 Å². The third kappa shape index (κ3) is 8.49. The van der Waals surface area contributed by atoms with Gasteiger partial charge in [-0.25, -0.2) is 0 Å². The molecule has 0 aromatic carbocycles. The molecule has 1 fully saturated rings. The molecule has 0 radical (unpaired) electrons. The molecular formula is C14H25NO. The number of hydrogen-bond donors (Lipinski definition) is 0. The van der Waals surface area contributed by atoms with E-state index in [9.17, 15) is 4.79 Å². The molecule has 1 saturated heterocycles. The molecule has 0 amide bonds. The third-order valence-electron chi connectivity index (χ3n) is 2.59. The smallest absolute Gasteiger partial charge is 0.192 e. The van der Waals surface area contributed by atoms with E-state index in [0.717, 1.165) is 5.92 Å². The van der Waals surface area contributed by atoms with Crippen molar-refractivity contribution in [1.82, 2.24) is 4.90 Å². The third-order valence-corrected chi connectivity index (χ3v) is 2.59. The summed E-state index contributed by atoms with van der Waals surface area (Å²) in [4.78, 5) is 11.7. The normalized spacial score (nSPS) is 20.4. The van der Waals surface area contributed by atoms with Crippen molar-refractivity contribution < 1.29 is 4.79 Å². The Labute approximate surface area is 100 Å². The average Bonchev–Trinajstić information content (AvgIpc) is 2.50. The zero-order valence-corrected chi connectivity index (χ0v) is 11.3. The summed E-state index contributed by atoms with van der Waals surface area (Å²) < 4.78 is 0. The molecular weight excluding hydrogens is 198 g/mol. The lowest BCUT2D eigenvalue weighted by Gasteiger charge is -2.22. The highest BCUT2D eigenvalue weighted by Crippen LogP contribution is 2.29. The molecule has 16 heavy (non-hydrogen) atoms. The maximum atomic E-state index is 9.23. The molecule has 2 heteroatoms. The highest BCUT2D eigenvalue weighted by molar-refractivity contribution is 5.72. The van der Waals surface area contributed by atoms with Gasteiger partial charge in [0.25, 0.3) is 0 Å². The minimum Gasteiger partial charge on any atom is -0.306 e. The summed E-state index contributed by atoms with van der Waals surface area (Å²) in [6, 6.07) is 0. The van der Waals surface area contributed by atoms with Crippen LogP contribution in [0.1, 0.15) is 40.5 Å². The van der Waals surface area contributed by atoms with Gasteiger partial charge in [-0.15, -0.1) is 0 Å². The van der Waals surface area contributed by atoms with E-state index in [1.165, 1.54) is 25.9 Å². The van der Waals surface area contributed by atoms with Gasteiger partial charge < -0.3 is 4.90 Å². The number of carbonyl (C=O) groups excluding carboxylic acids is 1. The summed E-state index contributed by atoms with van der Waals surface area (Å²) >= 11 is 0. The molecule has 0 N–H and O–H groups in total.